The number of benzene rings is 1. The Morgan fingerprint density at radius 2 is 1.94 bits per heavy atom. The van der Waals surface area contributed by atoms with Gasteiger partial charge in [-0.3, -0.25) is 4.57 Å². The van der Waals surface area contributed by atoms with Gasteiger partial charge in [-0.05, 0) is 31.2 Å². The summed E-state index contributed by atoms with van der Waals surface area (Å²) in [6.45, 7) is 2.77. The number of hydrogen-bond acceptors (Lipinski definition) is 4. The molecule has 1 aromatic heterocycles. The van der Waals surface area contributed by atoms with Gasteiger partial charge in [0.2, 0.25) is 5.95 Å². The monoisotopic (exact) mass is 265 g/mol. The summed E-state index contributed by atoms with van der Waals surface area (Å²) in [5.74, 6) is 0.740. The lowest BCUT2D eigenvalue weighted by atomic mass is 10.3. The Bertz CT molecular complexity index is 630. The Morgan fingerprint density at radius 3 is 2.50 bits per heavy atom. The first-order valence-corrected chi connectivity index (χ1v) is 7.49. The fraction of sp³-hybridized carbons (Fsp3) is 0.250. The van der Waals surface area contributed by atoms with Gasteiger partial charge in [-0.1, -0.05) is 0 Å². The van der Waals surface area contributed by atoms with E-state index in [1.807, 2.05) is 17.7 Å². The molecule has 0 saturated heterocycles. The summed E-state index contributed by atoms with van der Waals surface area (Å²) in [4.78, 5) is 4.50. The van der Waals surface area contributed by atoms with E-state index in [1.165, 1.54) is 6.26 Å². The van der Waals surface area contributed by atoms with Crippen molar-refractivity contribution in [2.75, 3.05) is 18.1 Å². The largest absolute Gasteiger partial charge is 0.356 e. The molecule has 2 aromatic rings. The highest BCUT2D eigenvalue weighted by Gasteiger charge is 2.08. The summed E-state index contributed by atoms with van der Waals surface area (Å²) in [5.41, 5.74) is 0.871. The minimum absolute atomic E-state index is 0.316. The zero-order chi connectivity index (χ0) is 13.2. The van der Waals surface area contributed by atoms with Crippen molar-refractivity contribution in [3.05, 3.63) is 36.7 Å². The zero-order valence-electron chi connectivity index (χ0n) is 10.3. The van der Waals surface area contributed by atoms with Crippen molar-refractivity contribution < 1.29 is 8.42 Å². The van der Waals surface area contributed by atoms with Crippen molar-refractivity contribution in [3.63, 3.8) is 0 Å². The molecule has 0 fully saturated rings. The van der Waals surface area contributed by atoms with Crippen LogP contribution in [0.3, 0.4) is 0 Å². The van der Waals surface area contributed by atoms with Gasteiger partial charge in [0.25, 0.3) is 0 Å². The van der Waals surface area contributed by atoms with E-state index in [0.717, 1.165) is 18.2 Å². The van der Waals surface area contributed by atoms with Gasteiger partial charge in [0.15, 0.2) is 9.84 Å². The van der Waals surface area contributed by atoms with E-state index < -0.39 is 9.84 Å². The van der Waals surface area contributed by atoms with E-state index in [9.17, 15) is 8.42 Å². The maximum Gasteiger partial charge on any atom is 0.207 e. The van der Waals surface area contributed by atoms with Crippen LogP contribution < -0.4 is 5.32 Å². The normalized spacial score (nSPS) is 11.4. The molecule has 6 heteroatoms. The molecular formula is C12H15N3O2S. The molecule has 1 N–H and O–H groups in total. The number of anilines is 1. The zero-order valence-corrected chi connectivity index (χ0v) is 11.1. The van der Waals surface area contributed by atoms with Crippen molar-refractivity contribution in [3.8, 4) is 5.69 Å². The molecule has 0 spiro atoms. The smallest absolute Gasteiger partial charge is 0.207 e. The quantitative estimate of drug-likeness (QED) is 0.914. The van der Waals surface area contributed by atoms with Crippen molar-refractivity contribution in [2.24, 2.45) is 0 Å². The topological polar surface area (TPSA) is 64.0 Å². The van der Waals surface area contributed by atoms with Gasteiger partial charge in [-0.25, -0.2) is 13.4 Å². The van der Waals surface area contributed by atoms with Gasteiger partial charge < -0.3 is 5.32 Å². The van der Waals surface area contributed by atoms with Crippen LogP contribution in [0.15, 0.2) is 41.6 Å². The Kier molecular flexibility index (Phi) is 3.38. The molecule has 0 unspecified atom stereocenters. The Hall–Kier alpha value is -1.82. The standard InChI is InChI=1S/C12H15N3O2S/c1-3-13-12-14-8-9-15(12)10-4-6-11(7-5-10)18(2,16)17/h4-9H,3H2,1-2H3,(H,13,14). The lowest BCUT2D eigenvalue weighted by Gasteiger charge is -2.08. The second-order valence-electron chi connectivity index (χ2n) is 3.92. The van der Waals surface area contributed by atoms with E-state index in [4.69, 9.17) is 0 Å². The number of sulfone groups is 1. The molecule has 5 nitrogen and oxygen atoms in total. The fourth-order valence-electron chi connectivity index (χ4n) is 1.65. The van der Waals surface area contributed by atoms with Crippen molar-refractivity contribution in [1.82, 2.24) is 9.55 Å². The molecule has 0 bridgehead atoms. The van der Waals surface area contributed by atoms with Crippen LogP contribution >= 0.6 is 0 Å². The third-order valence-electron chi connectivity index (χ3n) is 2.52. The summed E-state index contributed by atoms with van der Waals surface area (Å²) in [6, 6.07) is 6.72. The third-order valence-corrected chi connectivity index (χ3v) is 3.65. The van der Waals surface area contributed by atoms with Crippen LogP contribution in [0.2, 0.25) is 0 Å². The van der Waals surface area contributed by atoms with E-state index in [0.29, 0.717) is 4.90 Å². The molecule has 0 aliphatic rings. The molecule has 1 heterocycles. The number of hydrogen-bond donors (Lipinski definition) is 1. The highest BCUT2D eigenvalue weighted by molar-refractivity contribution is 7.90. The number of rotatable bonds is 4. The molecule has 0 radical (unpaired) electrons. The molecule has 1 aromatic carbocycles. The SMILES string of the molecule is CCNc1nccn1-c1ccc(S(C)(=O)=O)cc1. The number of imidazole rings is 1. The van der Waals surface area contributed by atoms with Crippen LogP contribution in [0.5, 0.6) is 0 Å². The van der Waals surface area contributed by atoms with Crippen LogP contribution in [0.4, 0.5) is 5.95 Å². The Labute approximate surface area is 106 Å². The van der Waals surface area contributed by atoms with Crippen LogP contribution in [-0.4, -0.2) is 30.8 Å². The molecule has 0 aliphatic carbocycles. The third kappa shape index (κ3) is 2.53. The molecule has 96 valence electrons. The highest BCUT2D eigenvalue weighted by Crippen LogP contribution is 2.17. The van der Waals surface area contributed by atoms with Gasteiger partial charge in [0, 0.05) is 30.9 Å². The maximum atomic E-state index is 11.4. The predicted molar refractivity (Wildman–Crippen MR) is 70.8 cm³/mol. The van der Waals surface area contributed by atoms with Gasteiger partial charge in [-0.15, -0.1) is 0 Å². The maximum absolute atomic E-state index is 11.4. The van der Waals surface area contributed by atoms with Crippen LogP contribution in [0, 0.1) is 0 Å². The highest BCUT2D eigenvalue weighted by atomic mass is 32.2. The molecule has 0 amide bonds. The minimum Gasteiger partial charge on any atom is -0.356 e. The molecule has 2 rings (SSSR count). The van der Waals surface area contributed by atoms with Gasteiger partial charge >= 0.3 is 0 Å². The first-order valence-electron chi connectivity index (χ1n) is 5.60. The summed E-state index contributed by atoms with van der Waals surface area (Å²) in [7, 11) is -3.15. The molecule has 0 atom stereocenters. The van der Waals surface area contributed by atoms with Crippen molar-refractivity contribution >= 4 is 15.8 Å². The number of nitrogens with one attached hydrogen (secondary N) is 1. The van der Waals surface area contributed by atoms with Crippen molar-refractivity contribution in [2.45, 2.75) is 11.8 Å². The molecule has 0 saturated carbocycles. The number of nitrogens with zero attached hydrogens (tertiary/aromatic N) is 2. The predicted octanol–water partition coefficient (Wildman–Crippen LogP) is 1.71. The molecular weight excluding hydrogens is 250 g/mol. The Balaban J connectivity index is 2.37. The second-order valence-corrected chi connectivity index (χ2v) is 5.93. The van der Waals surface area contributed by atoms with E-state index in [-0.39, 0.29) is 0 Å². The summed E-state index contributed by atoms with van der Waals surface area (Å²) in [6.07, 6.45) is 4.72. The average molecular weight is 265 g/mol. The van der Waals surface area contributed by atoms with Crippen LogP contribution in [0.25, 0.3) is 5.69 Å². The van der Waals surface area contributed by atoms with Crippen LogP contribution in [0.1, 0.15) is 6.92 Å². The fourth-order valence-corrected chi connectivity index (χ4v) is 2.29. The van der Waals surface area contributed by atoms with Gasteiger partial charge in [-0.2, -0.15) is 0 Å². The minimum atomic E-state index is -3.15. The Morgan fingerprint density at radius 1 is 1.28 bits per heavy atom. The molecule has 18 heavy (non-hydrogen) atoms. The van der Waals surface area contributed by atoms with Crippen LogP contribution in [-0.2, 0) is 9.84 Å². The van der Waals surface area contributed by atoms with E-state index in [2.05, 4.69) is 10.3 Å². The second kappa shape index (κ2) is 4.81. The summed E-state index contributed by atoms with van der Waals surface area (Å²) >= 11 is 0. The first kappa shape index (κ1) is 12.6. The van der Waals surface area contributed by atoms with Gasteiger partial charge in [0.1, 0.15) is 0 Å². The van der Waals surface area contributed by atoms with Gasteiger partial charge in [0.05, 0.1) is 4.90 Å². The first-order chi connectivity index (χ1) is 8.52. The lowest BCUT2D eigenvalue weighted by molar-refractivity contribution is 0.602. The average Bonchev–Trinajstić information content (AvgIpc) is 2.77. The lowest BCUT2D eigenvalue weighted by Crippen LogP contribution is -2.05. The van der Waals surface area contributed by atoms with Crippen molar-refractivity contribution in [1.29, 1.82) is 0 Å². The molecule has 0 aliphatic heterocycles. The van der Waals surface area contributed by atoms with E-state index >= 15 is 0 Å². The number of aromatic nitrogens is 2. The van der Waals surface area contributed by atoms with E-state index in [1.54, 1.807) is 30.5 Å². The summed E-state index contributed by atoms with van der Waals surface area (Å²) in [5, 5.41) is 3.13. The summed E-state index contributed by atoms with van der Waals surface area (Å²) < 4.78 is 24.6.